The van der Waals surface area contributed by atoms with Gasteiger partial charge in [0.25, 0.3) is 0 Å². The van der Waals surface area contributed by atoms with Crippen LogP contribution in [-0.4, -0.2) is 105 Å². The number of nitrogens with one attached hydrogen (secondary N) is 4. The van der Waals surface area contributed by atoms with Gasteiger partial charge in [-0.2, -0.15) is 0 Å². The highest BCUT2D eigenvalue weighted by molar-refractivity contribution is 5.95. The summed E-state index contributed by atoms with van der Waals surface area (Å²) in [6.07, 6.45) is -1.03. The summed E-state index contributed by atoms with van der Waals surface area (Å²) in [5.74, 6) is -6.63. The van der Waals surface area contributed by atoms with Crippen LogP contribution in [0.5, 0.6) is 5.75 Å². The van der Waals surface area contributed by atoms with Gasteiger partial charge in [0, 0.05) is 12.8 Å². The topological polar surface area (TPSA) is 278 Å². The second-order valence-corrected chi connectivity index (χ2v) is 9.99. The maximum atomic E-state index is 13.4. The highest BCUT2D eigenvalue weighted by Gasteiger charge is 2.32. The molecular weight excluding hydrogens is 558 g/mol. The molecule has 0 aliphatic carbocycles. The van der Waals surface area contributed by atoms with E-state index in [1.54, 1.807) is 13.8 Å². The molecule has 0 aliphatic rings. The highest BCUT2D eigenvalue weighted by atomic mass is 16.4. The van der Waals surface area contributed by atoms with Crippen molar-refractivity contribution in [3.05, 3.63) is 29.8 Å². The highest BCUT2D eigenvalue weighted by Crippen LogP contribution is 2.13. The third-order valence-electron chi connectivity index (χ3n) is 5.96. The Balaban J connectivity index is 3.22. The maximum Gasteiger partial charge on any atom is 0.326 e. The molecule has 42 heavy (non-hydrogen) atoms. The average Bonchev–Trinajstić information content (AvgIpc) is 2.92. The molecule has 0 aromatic heterocycles. The number of carboxylic acids is 2. The number of hydrogen-bond donors (Lipinski definition) is 10. The molecular formula is C26H39N5O11. The monoisotopic (exact) mass is 597 g/mol. The number of carbonyl (C=O) groups excluding carboxylic acids is 4. The van der Waals surface area contributed by atoms with Crippen molar-refractivity contribution in [2.45, 2.75) is 69.7 Å². The van der Waals surface area contributed by atoms with Gasteiger partial charge in [0.1, 0.15) is 36.0 Å². The van der Waals surface area contributed by atoms with Crippen molar-refractivity contribution in [3.63, 3.8) is 0 Å². The number of phenolic OH excluding ortho intramolecular Hbond substituents is 1. The van der Waals surface area contributed by atoms with Crippen molar-refractivity contribution < 1.29 is 54.3 Å². The Labute approximate surface area is 241 Å². The fraction of sp³-hybridized carbons (Fsp3) is 0.538. The molecule has 4 amide bonds. The lowest BCUT2D eigenvalue weighted by molar-refractivity contribution is -0.143. The lowest BCUT2D eigenvalue weighted by Gasteiger charge is -2.26. The van der Waals surface area contributed by atoms with Crippen LogP contribution in [0.1, 0.15) is 38.7 Å². The van der Waals surface area contributed by atoms with Crippen molar-refractivity contribution in [2.24, 2.45) is 11.7 Å². The smallest absolute Gasteiger partial charge is 0.326 e. The molecule has 0 saturated carbocycles. The van der Waals surface area contributed by atoms with Crippen LogP contribution in [0, 0.1) is 5.92 Å². The van der Waals surface area contributed by atoms with E-state index in [0.29, 0.717) is 5.56 Å². The van der Waals surface area contributed by atoms with E-state index in [9.17, 15) is 44.1 Å². The summed E-state index contributed by atoms with van der Waals surface area (Å²) in [6.45, 7) is 1.88. The molecule has 1 rings (SSSR count). The Morgan fingerprint density at radius 3 is 1.74 bits per heavy atom. The van der Waals surface area contributed by atoms with Gasteiger partial charge in [0.2, 0.25) is 23.6 Å². The predicted octanol–water partition coefficient (Wildman–Crippen LogP) is -2.82. The van der Waals surface area contributed by atoms with Gasteiger partial charge in [-0.15, -0.1) is 0 Å². The first-order valence-electron chi connectivity index (χ1n) is 13.1. The second-order valence-electron chi connectivity index (χ2n) is 9.99. The minimum Gasteiger partial charge on any atom is -0.508 e. The number of aliphatic hydroxyl groups excluding tert-OH is 2. The summed E-state index contributed by atoms with van der Waals surface area (Å²) in [4.78, 5) is 73.8. The summed E-state index contributed by atoms with van der Waals surface area (Å²) < 4.78 is 0. The van der Waals surface area contributed by atoms with Crippen LogP contribution in [0.15, 0.2) is 24.3 Å². The van der Waals surface area contributed by atoms with E-state index in [2.05, 4.69) is 21.3 Å². The van der Waals surface area contributed by atoms with Crippen LogP contribution < -0.4 is 27.0 Å². The first-order chi connectivity index (χ1) is 19.7. The summed E-state index contributed by atoms with van der Waals surface area (Å²) >= 11 is 0. The lowest BCUT2D eigenvalue weighted by Crippen LogP contribution is -2.60. The number of carboxylic acid groups (broad SMARTS) is 2. The molecule has 0 aliphatic heterocycles. The largest absolute Gasteiger partial charge is 0.508 e. The zero-order chi connectivity index (χ0) is 32.0. The molecule has 0 radical (unpaired) electrons. The Bertz CT molecular complexity index is 1100. The standard InChI is InChI=1S/C26H39N5O11/c1-13(2)9-18(23(38)28-17(26(41)42)7-8-21(35)36)29-24(39)19(10-14-3-5-15(34)6-4-14)30-25(40)20(12-33)31-22(37)16(27)11-32/h3-6,13,16-20,32-34H,7-12,27H2,1-2H3,(H,28,38)(H,29,39)(H,30,40)(H,31,37)(H,35,36)(H,41,42)/t16-,17-,18-,19-,20-/m0/s1. The van der Waals surface area contributed by atoms with Crippen LogP contribution >= 0.6 is 0 Å². The molecule has 0 bridgehead atoms. The predicted molar refractivity (Wildman–Crippen MR) is 146 cm³/mol. The molecule has 11 N–H and O–H groups in total. The number of rotatable bonds is 18. The summed E-state index contributed by atoms with van der Waals surface area (Å²) in [7, 11) is 0. The average molecular weight is 598 g/mol. The van der Waals surface area contributed by atoms with E-state index in [0.717, 1.165) is 0 Å². The first-order valence-corrected chi connectivity index (χ1v) is 13.1. The fourth-order valence-corrected chi connectivity index (χ4v) is 3.68. The van der Waals surface area contributed by atoms with Gasteiger partial charge in [-0.3, -0.25) is 24.0 Å². The van der Waals surface area contributed by atoms with Crippen molar-refractivity contribution in [2.75, 3.05) is 13.2 Å². The van der Waals surface area contributed by atoms with Crippen LogP contribution in [-0.2, 0) is 35.2 Å². The molecule has 0 heterocycles. The van der Waals surface area contributed by atoms with E-state index in [-0.39, 0.29) is 24.5 Å². The van der Waals surface area contributed by atoms with E-state index in [1.807, 2.05) is 0 Å². The molecule has 0 spiro atoms. The Kier molecular flexibility index (Phi) is 14.9. The van der Waals surface area contributed by atoms with Crippen LogP contribution in [0.4, 0.5) is 0 Å². The Morgan fingerprint density at radius 1 is 0.738 bits per heavy atom. The number of amides is 4. The number of hydrogen-bond acceptors (Lipinski definition) is 10. The number of aliphatic hydroxyl groups is 2. The number of nitrogens with two attached hydrogens (primary N) is 1. The van der Waals surface area contributed by atoms with Gasteiger partial charge >= 0.3 is 11.9 Å². The molecule has 234 valence electrons. The molecule has 0 saturated heterocycles. The van der Waals surface area contributed by atoms with Crippen molar-refractivity contribution in [1.29, 1.82) is 0 Å². The number of phenols is 1. The van der Waals surface area contributed by atoms with E-state index in [1.165, 1.54) is 24.3 Å². The van der Waals surface area contributed by atoms with Gasteiger partial charge in [-0.05, 0) is 36.5 Å². The lowest BCUT2D eigenvalue weighted by atomic mass is 10.00. The number of benzene rings is 1. The van der Waals surface area contributed by atoms with Crippen molar-refractivity contribution in [3.8, 4) is 5.75 Å². The summed E-state index contributed by atoms with van der Waals surface area (Å²) in [6, 6.07) is -1.48. The first kappa shape index (κ1) is 35.7. The molecule has 1 aromatic rings. The normalized spacial score (nSPS) is 14.5. The molecule has 16 heteroatoms. The van der Waals surface area contributed by atoms with Gasteiger partial charge in [0.15, 0.2) is 0 Å². The van der Waals surface area contributed by atoms with Gasteiger partial charge in [-0.1, -0.05) is 26.0 Å². The molecule has 0 fully saturated rings. The van der Waals surface area contributed by atoms with E-state index >= 15 is 0 Å². The summed E-state index contributed by atoms with van der Waals surface area (Å²) in [5, 5.41) is 55.8. The quantitative estimate of drug-likeness (QED) is 0.0820. The van der Waals surface area contributed by atoms with Crippen LogP contribution in [0.2, 0.25) is 0 Å². The van der Waals surface area contributed by atoms with Crippen LogP contribution in [0.25, 0.3) is 0 Å². The molecule has 16 nitrogen and oxygen atoms in total. The van der Waals surface area contributed by atoms with E-state index in [4.69, 9.17) is 15.9 Å². The third-order valence-corrected chi connectivity index (χ3v) is 5.96. The van der Waals surface area contributed by atoms with Crippen LogP contribution in [0.3, 0.4) is 0 Å². The Hall–Kier alpha value is -4.28. The van der Waals surface area contributed by atoms with Crippen molar-refractivity contribution >= 4 is 35.6 Å². The zero-order valence-electron chi connectivity index (χ0n) is 23.3. The minimum atomic E-state index is -1.55. The molecule has 0 unspecified atom stereocenters. The third kappa shape index (κ3) is 12.5. The van der Waals surface area contributed by atoms with Crippen molar-refractivity contribution in [1.82, 2.24) is 21.3 Å². The second kappa shape index (κ2) is 17.5. The van der Waals surface area contributed by atoms with Gasteiger partial charge in [-0.25, -0.2) is 4.79 Å². The van der Waals surface area contributed by atoms with Gasteiger partial charge < -0.3 is 52.5 Å². The van der Waals surface area contributed by atoms with Gasteiger partial charge in [0.05, 0.1) is 13.2 Å². The number of aromatic hydroxyl groups is 1. The maximum absolute atomic E-state index is 13.4. The molecule has 5 atom stereocenters. The fourth-order valence-electron chi connectivity index (χ4n) is 3.68. The Morgan fingerprint density at radius 2 is 1.24 bits per heavy atom. The number of carbonyl (C=O) groups is 6. The minimum absolute atomic E-state index is 0.0527. The summed E-state index contributed by atoms with van der Waals surface area (Å²) in [5.41, 5.74) is 5.91. The SMILES string of the molecule is CC(C)C[C@H](NC(=O)[C@H](Cc1ccc(O)cc1)NC(=O)[C@H](CO)NC(=O)[C@@H](N)CO)C(=O)N[C@@H](CCC(=O)O)C(=O)O. The number of aliphatic carboxylic acids is 2. The zero-order valence-corrected chi connectivity index (χ0v) is 23.3. The van der Waals surface area contributed by atoms with E-state index < -0.39 is 91.8 Å². The molecule has 1 aromatic carbocycles.